The highest BCUT2D eigenvalue weighted by Gasteiger charge is 2.27. The van der Waals surface area contributed by atoms with Gasteiger partial charge in [-0.1, -0.05) is 30.3 Å². The third-order valence-electron chi connectivity index (χ3n) is 2.62. The van der Waals surface area contributed by atoms with Crippen molar-refractivity contribution in [2.45, 2.75) is 18.6 Å². The first-order chi connectivity index (χ1) is 9.51. The minimum absolute atomic E-state index is 0.0188. The number of rotatable bonds is 7. The van der Waals surface area contributed by atoms with Crippen molar-refractivity contribution in [3.63, 3.8) is 0 Å². The van der Waals surface area contributed by atoms with E-state index in [-0.39, 0.29) is 19.6 Å². The van der Waals surface area contributed by atoms with E-state index >= 15 is 0 Å². The van der Waals surface area contributed by atoms with Gasteiger partial charge in [0.2, 0.25) is 0 Å². The quantitative estimate of drug-likeness (QED) is 0.724. The third-order valence-corrected chi connectivity index (χ3v) is 4.30. The third kappa shape index (κ3) is 4.80. The van der Waals surface area contributed by atoms with E-state index in [1.165, 1.54) is 0 Å². The molecular formula is C13H17FO5S. The van der Waals surface area contributed by atoms with E-state index in [0.717, 1.165) is 0 Å². The molecule has 0 saturated carbocycles. The van der Waals surface area contributed by atoms with Crippen LogP contribution in [0.4, 0.5) is 9.18 Å². The van der Waals surface area contributed by atoms with E-state index in [9.17, 15) is 17.6 Å². The average molecular weight is 304 g/mol. The summed E-state index contributed by atoms with van der Waals surface area (Å²) >= 11 is 0. The van der Waals surface area contributed by atoms with Crippen molar-refractivity contribution < 1.29 is 27.1 Å². The van der Waals surface area contributed by atoms with E-state index in [4.69, 9.17) is 4.74 Å². The fraction of sp³-hybridized carbons (Fsp3) is 0.462. The Morgan fingerprint density at radius 1 is 1.25 bits per heavy atom. The van der Waals surface area contributed by atoms with Crippen LogP contribution in [0.5, 0.6) is 0 Å². The summed E-state index contributed by atoms with van der Waals surface area (Å²) in [5, 5.41) is -1.04. The van der Waals surface area contributed by atoms with Crippen molar-refractivity contribution in [2.75, 3.05) is 19.2 Å². The first-order valence-electron chi connectivity index (χ1n) is 6.13. The molecular weight excluding hydrogens is 287 g/mol. The van der Waals surface area contributed by atoms with Gasteiger partial charge >= 0.3 is 6.16 Å². The molecule has 1 unspecified atom stereocenters. The zero-order valence-electron chi connectivity index (χ0n) is 11.1. The largest absolute Gasteiger partial charge is 0.508 e. The topological polar surface area (TPSA) is 69.7 Å². The molecule has 1 aromatic rings. The van der Waals surface area contributed by atoms with Crippen LogP contribution in [0.1, 0.15) is 24.2 Å². The van der Waals surface area contributed by atoms with Gasteiger partial charge < -0.3 is 9.47 Å². The molecule has 0 amide bonds. The molecule has 0 bridgehead atoms. The summed E-state index contributed by atoms with van der Waals surface area (Å²) in [5.41, 5.74) is 0.470. The number of benzene rings is 1. The van der Waals surface area contributed by atoms with Gasteiger partial charge in [0.1, 0.15) is 0 Å². The van der Waals surface area contributed by atoms with E-state index in [0.29, 0.717) is 5.56 Å². The minimum atomic E-state index is -3.92. The Hall–Kier alpha value is -1.63. The van der Waals surface area contributed by atoms with Crippen LogP contribution < -0.4 is 0 Å². The molecule has 0 spiro atoms. The molecule has 1 aromatic carbocycles. The highest BCUT2D eigenvalue weighted by atomic mass is 32.2. The Bertz CT molecular complexity index is 515. The molecule has 0 radical (unpaired) electrons. The second kappa shape index (κ2) is 7.84. The number of hydrogen-bond donors (Lipinski definition) is 0. The van der Waals surface area contributed by atoms with Crippen LogP contribution in [0.3, 0.4) is 0 Å². The molecule has 0 saturated heterocycles. The van der Waals surface area contributed by atoms with Crippen LogP contribution in [0.15, 0.2) is 30.3 Å². The predicted molar refractivity (Wildman–Crippen MR) is 71.7 cm³/mol. The molecule has 112 valence electrons. The van der Waals surface area contributed by atoms with Crippen molar-refractivity contribution in [3.05, 3.63) is 35.9 Å². The van der Waals surface area contributed by atoms with Crippen LogP contribution in [0.25, 0.3) is 0 Å². The summed E-state index contributed by atoms with van der Waals surface area (Å²) in [4.78, 5) is 11.0. The van der Waals surface area contributed by atoms with Crippen LogP contribution in [0, 0.1) is 0 Å². The maximum absolute atomic E-state index is 12.7. The van der Waals surface area contributed by atoms with Crippen LogP contribution >= 0.6 is 0 Å². The Kier molecular flexibility index (Phi) is 6.44. The minimum Gasteiger partial charge on any atom is -0.435 e. The standard InChI is InChI=1S/C13H17FO5S/c1-2-18-13(15)19-9-8-12(20(16,17)10-14)11-6-4-3-5-7-11/h3-7,12H,2,8-10H2,1H3. The van der Waals surface area contributed by atoms with Gasteiger partial charge in [-0.3, -0.25) is 0 Å². The second-order valence-corrected chi connectivity index (χ2v) is 6.10. The van der Waals surface area contributed by atoms with Gasteiger partial charge in [-0.2, -0.15) is 0 Å². The monoisotopic (exact) mass is 304 g/mol. The van der Waals surface area contributed by atoms with Crippen molar-refractivity contribution in [1.82, 2.24) is 0 Å². The summed E-state index contributed by atoms with van der Waals surface area (Å²) < 4.78 is 45.5. The molecule has 1 atom stereocenters. The summed E-state index contributed by atoms with van der Waals surface area (Å²) in [6.07, 6.45) is -0.883. The molecule has 0 N–H and O–H groups in total. The first kappa shape index (κ1) is 16.4. The summed E-state index contributed by atoms with van der Waals surface area (Å²) in [5.74, 6) is 0. The first-order valence-corrected chi connectivity index (χ1v) is 7.84. The highest BCUT2D eigenvalue weighted by molar-refractivity contribution is 7.91. The Balaban J connectivity index is 2.73. The van der Waals surface area contributed by atoms with Crippen molar-refractivity contribution >= 4 is 16.0 Å². The SMILES string of the molecule is CCOC(=O)OCCC(c1ccccc1)S(=O)(=O)CF. The summed E-state index contributed by atoms with van der Waals surface area (Å²) in [6.45, 7) is 1.64. The zero-order chi connectivity index (χ0) is 15.0. The lowest BCUT2D eigenvalue weighted by atomic mass is 10.1. The Morgan fingerprint density at radius 2 is 1.90 bits per heavy atom. The maximum Gasteiger partial charge on any atom is 0.508 e. The van der Waals surface area contributed by atoms with Gasteiger partial charge in [0.05, 0.1) is 18.5 Å². The Morgan fingerprint density at radius 3 is 2.45 bits per heavy atom. The van der Waals surface area contributed by atoms with Crippen molar-refractivity contribution in [3.8, 4) is 0 Å². The summed E-state index contributed by atoms with van der Waals surface area (Å²) in [6, 6.07) is 6.82. The lowest BCUT2D eigenvalue weighted by molar-refractivity contribution is 0.0581. The van der Waals surface area contributed by atoms with Crippen LogP contribution in [0.2, 0.25) is 0 Å². The number of ether oxygens (including phenoxy) is 2. The highest BCUT2D eigenvalue weighted by Crippen LogP contribution is 2.26. The molecule has 5 nitrogen and oxygen atoms in total. The van der Waals surface area contributed by atoms with Crippen molar-refractivity contribution in [2.24, 2.45) is 0 Å². The van der Waals surface area contributed by atoms with Crippen LogP contribution in [-0.4, -0.2) is 33.8 Å². The molecule has 0 aromatic heterocycles. The van der Waals surface area contributed by atoms with Gasteiger partial charge in [0.25, 0.3) is 0 Å². The molecule has 0 heterocycles. The second-order valence-electron chi connectivity index (χ2n) is 3.99. The number of alkyl halides is 1. The number of hydrogen-bond acceptors (Lipinski definition) is 5. The molecule has 0 aliphatic carbocycles. The fourth-order valence-corrected chi connectivity index (χ4v) is 2.89. The van der Waals surface area contributed by atoms with Gasteiger partial charge in [-0.25, -0.2) is 17.6 Å². The van der Waals surface area contributed by atoms with Crippen LogP contribution in [-0.2, 0) is 19.3 Å². The number of carbonyl (C=O) groups is 1. The molecule has 20 heavy (non-hydrogen) atoms. The lowest BCUT2D eigenvalue weighted by Crippen LogP contribution is -2.18. The van der Waals surface area contributed by atoms with Gasteiger partial charge in [0, 0.05) is 6.42 Å². The number of halogens is 1. The van der Waals surface area contributed by atoms with E-state index < -0.39 is 27.2 Å². The van der Waals surface area contributed by atoms with Gasteiger partial charge in [-0.15, -0.1) is 0 Å². The Labute approximate surface area is 117 Å². The summed E-state index contributed by atoms with van der Waals surface area (Å²) in [7, 11) is -3.92. The fourth-order valence-electron chi connectivity index (χ4n) is 1.71. The molecule has 0 aliphatic heterocycles. The van der Waals surface area contributed by atoms with E-state index in [1.807, 2.05) is 0 Å². The maximum atomic E-state index is 12.7. The number of sulfone groups is 1. The molecule has 0 aliphatic rings. The van der Waals surface area contributed by atoms with E-state index in [1.54, 1.807) is 37.3 Å². The van der Waals surface area contributed by atoms with E-state index in [2.05, 4.69) is 4.74 Å². The number of carbonyl (C=O) groups excluding carboxylic acids is 1. The zero-order valence-corrected chi connectivity index (χ0v) is 11.9. The van der Waals surface area contributed by atoms with Gasteiger partial charge in [-0.05, 0) is 12.5 Å². The van der Waals surface area contributed by atoms with Gasteiger partial charge in [0.15, 0.2) is 15.8 Å². The molecule has 7 heteroatoms. The van der Waals surface area contributed by atoms with Crippen molar-refractivity contribution in [1.29, 1.82) is 0 Å². The normalized spacial score (nSPS) is 12.7. The smallest absolute Gasteiger partial charge is 0.435 e. The average Bonchev–Trinajstić information content (AvgIpc) is 2.44. The lowest BCUT2D eigenvalue weighted by Gasteiger charge is -2.16. The predicted octanol–water partition coefficient (Wildman–Crippen LogP) is 2.63. The molecule has 0 fully saturated rings. The molecule has 1 rings (SSSR count).